The Morgan fingerprint density at radius 2 is 2.00 bits per heavy atom. The Balaban J connectivity index is 2.19. The molecule has 1 aliphatic heterocycles. The lowest BCUT2D eigenvalue weighted by Gasteiger charge is -2.26. The Morgan fingerprint density at radius 1 is 1.33 bits per heavy atom. The fourth-order valence-electron chi connectivity index (χ4n) is 2.74. The number of nitrogens with zero attached hydrogens (tertiary/aromatic N) is 1. The molecule has 0 saturated carbocycles. The zero-order valence-corrected chi connectivity index (χ0v) is 13.3. The number of hydrogen-bond acceptors (Lipinski definition) is 4. The minimum Gasteiger partial charge on any atom is -0.491 e. The summed E-state index contributed by atoms with van der Waals surface area (Å²) in [6, 6.07) is 6.47. The molecule has 6 heteroatoms. The first-order chi connectivity index (χ1) is 9.96. The molecule has 1 fully saturated rings. The van der Waals surface area contributed by atoms with E-state index in [4.69, 9.17) is 9.84 Å². The van der Waals surface area contributed by atoms with Crippen molar-refractivity contribution in [2.24, 2.45) is 5.92 Å². The van der Waals surface area contributed by atoms with Crippen LogP contribution >= 0.6 is 0 Å². The molecule has 1 heterocycles. The molecular formula is C15H23NO4S. The highest BCUT2D eigenvalue weighted by Crippen LogP contribution is 2.30. The number of rotatable bonds is 6. The van der Waals surface area contributed by atoms with E-state index in [2.05, 4.69) is 13.8 Å². The third kappa shape index (κ3) is 3.56. The molecule has 1 aromatic rings. The third-order valence-electron chi connectivity index (χ3n) is 3.81. The summed E-state index contributed by atoms with van der Waals surface area (Å²) < 4.78 is 32.3. The van der Waals surface area contributed by atoms with Crippen molar-refractivity contribution < 1.29 is 18.3 Å². The zero-order valence-electron chi connectivity index (χ0n) is 12.5. The SMILES string of the molecule is CC(C)C1CCCN1S(=O)(=O)c1ccc(OCCO)cc1. The maximum Gasteiger partial charge on any atom is 0.243 e. The Labute approximate surface area is 126 Å². The van der Waals surface area contributed by atoms with Gasteiger partial charge in [-0.15, -0.1) is 0 Å². The van der Waals surface area contributed by atoms with E-state index in [0.717, 1.165) is 12.8 Å². The van der Waals surface area contributed by atoms with E-state index in [-0.39, 0.29) is 19.3 Å². The maximum absolute atomic E-state index is 12.7. The lowest BCUT2D eigenvalue weighted by molar-refractivity contribution is 0.201. The largest absolute Gasteiger partial charge is 0.491 e. The Kier molecular flexibility index (Phi) is 5.24. The second-order valence-corrected chi connectivity index (χ2v) is 7.50. The second-order valence-electron chi connectivity index (χ2n) is 5.61. The lowest BCUT2D eigenvalue weighted by Crippen LogP contribution is -2.38. The fraction of sp³-hybridized carbons (Fsp3) is 0.600. The van der Waals surface area contributed by atoms with Crippen LogP contribution in [0.1, 0.15) is 26.7 Å². The summed E-state index contributed by atoms with van der Waals surface area (Å²) in [6.45, 7) is 4.85. The fourth-order valence-corrected chi connectivity index (χ4v) is 4.56. The van der Waals surface area contributed by atoms with Crippen molar-refractivity contribution >= 4 is 10.0 Å². The minimum atomic E-state index is -3.44. The van der Waals surface area contributed by atoms with Crippen molar-refractivity contribution in [2.75, 3.05) is 19.8 Å². The van der Waals surface area contributed by atoms with Gasteiger partial charge in [0.1, 0.15) is 12.4 Å². The summed E-state index contributed by atoms with van der Waals surface area (Å²) in [5, 5.41) is 8.71. The van der Waals surface area contributed by atoms with Gasteiger partial charge in [0.25, 0.3) is 0 Å². The van der Waals surface area contributed by atoms with Crippen LogP contribution in [-0.2, 0) is 10.0 Å². The van der Waals surface area contributed by atoms with E-state index in [0.29, 0.717) is 23.1 Å². The van der Waals surface area contributed by atoms with Crippen LogP contribution in [0.25, 0.3) is 0 Å². The summed E-state index contributed by atoms with van der Waals surface area (Å²) in [6.07, 6.45) is 1.84. The monoisotopic (exact) mass is 313 g/mol. The van der Waals surface area contributed by atoms with Gasteiger partial charge in [-0.1, -0.05) is 13.8 Å². The van der Waals surface area contributed by atoms with Crippen molar-refractivity contribution in [1.29, 1.82) is 0 Å². The molecule has 1 atom stereocenters. The molecule has 0 radical (unpaired) electrons. The van der Waals surface area contributed by atoms with Crippen LogP contribution in [0.4, 0.5) is 0 Å². The number of aliphatic hydroxyl groups excluding tert-OH is 1. The molecular weight excluding hydrogens is 290 g/mol. The number of ether oxygens (including phenoxy) is 1. The highest BCUT2D eigenvalue weighted by Gasteiger charge is 2.36. The van der Waals surface area contributed by atoms with Crippen LogP contribution in [0.5, 0.6) is 5.75 Å². The van der Waals surface area contributed by atoms with Crippen LogP contribution in [0.3, 0.4) is 0 Å². The average molecular weight is 313 g/mol. The van der Waals surface area contributed by atoms with Gasteiger partial charge in [-0.25, -0.2) is 8.42 Å². The van der Waals surface area contributed by atoms with E-state index in [1.165, 1.54) is 0 Å². The molecule has 1 aliphatic rings. The van der Waals surface area contributed by atoms with Crippen molar-refractivity contribution in [3.63, 3.8) is 0 Å². The van der Waals surface area contributed by atoms with Crippen molar-refractivity contribution in [3.8, 4) is 5.75 Å². The average Bonchev–Trinajstić information content (AvgIpc) is 2.96. The van der Waals surface area contributed by atoms with E-state index >= 15 is 0 Å². The Hall–Kier alpha value is -1.11. The second kappa shape index (κ2) is 6.77. The van der Waals surface area contributed by atoms with Gasteiger partial charge in [0.2, 0.25) is 10.0 Å². The highest BCUT2D eigenvalue weighted by molar-refractivity contribution is 7.89. The van der Waals surface area contributed by atoms with E-state index < -0.39 is 10.0 Å². The van der Waals surface area contributed by atoms with Gasteiger partial charge >= 0.3 is 0 Å². The van der Waals surface area contributed by atoms with Crippen LogP contribution in [-0.4, -0.2) is 43.6 Å². The summed E-state index contributed by atoms with van der Waals surface area (Å²) in [4.78, 5) is 0.298. The lowest BCUT2D eigenvalue weighted by atomic mass is 10.0. The molecule has 1 saturated heterocycles. The van der Waals surface area contributed by atoms with Gasteiger partial charge in [0, 0.05) is 12.6 Å². The normalized spacial score (nSPS) is 20.1. The Bertz CT molecular complexity index is 554. The molecule has 0 spiro atoms. The maximum atomic E-state index is 12.7. The van der Waals surface area contributed by atoms with Gasteiger partial charge in [-0.3, -0.25) is 0 Å². The van der Waals surface area contributed by atoms with Crippen LogP contribution in [0.2, 0.25) is 0 Å². The topological polar surface area (TPSA) is 66.8 Å². The van der Waals surface area contributed by atoms with Crippen molar-refractivity contribution in [1.82, 2.24) is 4.31 Å². The van der Waals surface area contributed by atoms with E-state index in [9.17, 15) is 8.42 Å². The highest BCUT2D eigenvalue weighted by atomic mass is 32.2. The molecule has 1 unspecified atom stereocenters. The molecule has 0 aliphatic carbocycles. The predicted molar refractivity (Wildman–Crippen MR) is 80.8 cm³/mol. The van der Waals surface area contributed by atoms with Gasteiger partial charge < -0.3 is 9.84 Å². The van der Waals surface area contributed by atoms with Crippen molar-refractivity contribution in [2.45, 2.75) is 37.6 Å². The molecule has 0 aromatic heterocycles. The first-order valence-corrected chi connectivity index (χ1v) is 8.76. The molecule has 0 amide bonds. The first-order valence-electron chi connectivity index (χ1n) is 7.32. The zero-order chi connectivity index (χ0) is 15.5. The number of aliphatic hydroxyl groups is 1. The van der Waals surface area contributed by atoms with E-state index in [1.54, 1.807) is 28.6 Å². The molecule has 1 aromatic carbocycles. The number of benzene rings is 1. The molecule has 5 nitrogen and oxygen atoms in total. The van der Waals surface area contributed by atoms with Gasteiger partial charge in [-0.05, 0) is 43.0 Å². The van der Waals surface area contributed by atoms with Gasteiger partial charge in [0.05, 0.1) is 11.5 Å². The third-order valence-corrected chi connectivity index (χ3v) is 5.75. The van der Waals surface area contributed by atoms with Crippen LogP contribution in [0.15, 0.2) is 29.2 Å². The first kappa shape index (κ1) is 16.3. The van der Waals surface area contributed by atoms with E-state index in [1.807, 2.05) is 0 Å². The Morgan fingerprint density at radius 3 is 2.57 bits per heavy atom. The van der Waals surface area contributed by atoms with Gasteiger partial charge in [0.15, 0.2) is 0 Å². The molecule has 2 rings (SSSR count). The van der Waals surface area contributed by atoms with Crippen molar-refractivity contribution in [3.05, 3.63) is 24.3 Å². The summed E-state index contributed by atoms with van der Waals surface area (Å²) in [5.41, 5.74) is 0. The molecule has 0 bridgehead atoms. The standard InChI is InChI=1S/C15H23NO4S/c1-12(2)15-4-3-9-16(15)21(18,19)14-7-5-13(6-8-14)20-11-10-17/h5-8,12,15,17H,3-4,9-11H2,1-2H3. The van der Waals surface area contributed by atoms with Crippen LogP contribution < -0.4 is 4.74 Å². The number of hydrogen-bond donors (Lipinski definition) is 1. The quantitative estimate of drug-likeness (QED) is 0.870. The molecule has 118 valence electrons. The summed E-state index contributed by atoms with van der Waals surface area (Å²) >= 11 is 0. The summed E-state index contributed by atoms with van der Waals surface area (Å²) in [5.74, 6) is 0.874. The predicted octanol–water partition coefficient (Wildman–Crippen LogP) is 1.87. The minimum absolute atomic E-state index is 0.0656. The molecule has 21 heavy (non-hydrogen) atoms. The van der Waals surface area contributed by atoms with Gasteiger partial charge in [-0.2, -0.15) is 4.31 Å². The number of sulfonamides is 1. The van der Waals surface area contributed by atoms with Crippen LogP contribution in [0, 0.1) is 5.92 Å². The molecule has 1 N–H and O–H groups in total. The summed E-state index contributed by atoms with van der Waals surface area (Å²) in [7, 11) is -3.44. The smallest absolute Gasteiger partial charge is 0.243 e.